The Balaban J connectivity index is 2.33. The average molecular weight is 205 g/mol. The summed E-state index contributed by atoms with van der Waals surface area (Å²) >= 11 is 7.32. The first-order chi connectivity index (χ1) is 5.72. The first-order valence-electron chi connectivity index (χ1n) is 3.91. The van der Waals surface area contributed by atoms with E-state index in [9.17, 15) is 0 Å². The molecule has 0 saturated carbocycles. The summed E-state index contributed by atoms with van der Waals surface area (Å²) in [7, 11) is 0. The van der Waals surface area contributed by atoms with Gasteiger partial charge in [-0.2, -0.15) is 0 Å². The molecule has 2 nitrogen and oxygen atoms in total. The zero-order valence-electron chi connectivity index (χ0n) is 7.01. The van der Waals surface area contributed by atoms with Gasteiger partial charge in [-0.15, -0.1) is 11.3 Å². The maximum atomic E-state index is 5.76. The topological polar surface area (TPSA) is 38.0 Å². The van der Waals surface area contributed by atoms with E-state index in [-0.39, 0.29) is 0 Å². The Bertz CT molecular complexity index is 237. The van der Waals surface area contributed by atoms with E-state index >= 15 is 0 Å². The Morgan fingerprint density at radius 3 is 2.92 bits per heavy atom. The Morgan fingerprint density at radius 2 is 2.42 bits per heavy atom. The minimum atomic E-state index is 0.505. The van der Waals surface area contributed by atoms with Crippen LogP contribution >= 0.6 is 22.9 Å². The molecule has 1 rings (SSSR count). The van der Waals surface area contributed by atoms with Gasteiger partial charge in [0.1, 0.15) is 0 Å². The Morgan fingerprint density at radius 1 is 1.67 bits per heavy atom. The van der Waals surface area contributed by atoms with Gasteiger partial charge < -0.3 is 11.1 Å². The van der Waals surface area contributed by atoms with Crippen molar-refractivity contribution in [2.24, 2.45) is 11.7 Å². The van der Waals surface area contributed by atoms with Crippen LogP contribution in [0.3, 0.4) is 0 Å². The third-order valence-corrected chi connectivity index (χ3v) is 2.79. The van der Waals surface area contributed by atoms with Crippen LogP contribution in [0.1, 0.15) is 6.92 Å². The van der Waals surface area contributed by atoms with Crippen LogP contribution in [-0.4, -0.2) is 13.1 Å². The second kappa shape index (κ2) is 4.70. The van der Waals surface area contributed by atoms with Gasteiger partial charge in [0.25, 0.3) is 0 Å². The van der Waals surface area contributed by atoms with Gasteiger partial charge in [-0.1, -0.05) is 18.5 Å². The second-order valence-electron chi connectivity index (χ2n) is 2.83. The summed E-state index contributed by atoms with van der Waals surface area (Å²) < 4.78 is 0.818. The number of hydrogen-bond acceptors (Lipinski definition) is 3. The van der Waals surface area contributed by atoms with Crippen LogP contribution in [0.2, 0.25) is 4.34 Å². The summed E-state index contributed by atoms with van der Waals surface area (Å²) in [5, 5.41) is 4.38. The number of thiophene rings is 1. The zero-order chi connectivity index (χ0) is 8.97. The van der Waals surface area contributed by atoms with E-state index in [1.54, 1.807) is 11.3 Å². The molecule has 0 spiro atoms. The van der Waals surface area contributed by atoms with Gasteiger partial charge in [-0.3, -0.25) is 0 Å². The van der Waals surface area contributed by atoms with Crippen molar-refractivity contribution in [3.8, 4) is 0 Å². The highest BCUT2D eigenvalue weighted by Gasteiger charge is 2.00. The van der Waals surface area contributed by atoms with Crippen molar-refractivity contribution in [2.75, 3.05) is 18.4 Å². The predicted molar refractivity (Wildman–Crippen MR) is 56.0 cm³/mol. The lowest BCUT2D eigenvalue weighted by molar-refractivity contribution is 0.629. The Hall–Kier alpha value is -0.250. The molecule has 1 aromatic heterocycles. The normalized spacial score (nSPS) is 12.9. The molecule has 0 aliphatic heterocycles. The number of nitrogens with one attached hydrogen (secondary N) is 1. The van der Waals surface area contributed by atoms with Crippen LogP contribution in [-0.2, 0) is 0 Å². The molecule has 1 unspecified atom stereocenters. The van der Waals surface area contributed by atoms with E-state index in [0.717, 1.165) is 15.9 Å². The molecule has 12 heavy (non-hydrogen) atoms. The average Bonchev–Trinajstić information content (AvgIpc) is 2.47. The molecule has 3 N–H and O–H groups in total. The fourth-order valence-corrected chi connectivity index (χ4v) is 1.72. The first-order valence-corrected chi connectivity index (χ1v) is 5.11. The molecule has 0 aromatic carbocycles. The number of hydrogen-bond donors (Lipinski definition) is 2. The summed E-state index contributed by atoms with van der Waals surface area (Å²) in [5.41, 5.74) is 5.48. The maximum Gasteiger partial charge on any atom is 0.0950 e. The third-order valence-electron chi connectivity index (χ3n) is 1.60. The van der Waals surface area contributed by atoms with Crippen LogP contribution < -0.4 is 11.1 Å². The van der Waals surface area contributed by atoms with Crippen molar-refractivity contribution in [3.63, 3.8) is 0 Å². The molecule has 4 heteroatoms. The van der Waals surface area contributed by atoms with Crippen LogP contribution in [0.15, 0.2) is 12.1 Å². The molecule has 0 bridgehead atoms. The zero-order valence-corrected chi connectivity index (χ0v) is 8.58. The van der Waals surface area contributed by atoms with Crippen molar-refractivity contribution in [2.45, 2.75) is 6.92 Å². The number of halogens is 1. The fraction of sp³-hybridized carbons (Fsp3) is 0.500. The summed E-state index contributed by atoms with van der Waals surface area (Å²) in [6, 6.07) is 3.87. The van der Waals surface area contributed by atoms with Crippen LogP contribution in [0.5, 0.6) is 0 Å². The predicted octanol–water partition coefficient (Wildman–Crippen LogP) is 2.41. The fourth-order valence-electron chi connectivity index (χ4n) is 0.767. The Kier molecular flexibility index (Phi) is 3.85. The van der Waals surface area contributed by atoms with Gasteiger partial charge in [-0.25, -0.2) is 0 Å². The lowest BCUT2D eigenvalue weighted by atomic mass is 10.2. The summed E-state index contributed by atoms with van der Waals surface area (Å²) in [5.74, 6) is 0.505. The van der Waals surface area contributed by atoms with E-state index in [4.69, 9.17) is 17.3 Å². The number of nitrogens with two attached hydrogens (primary N) is 1. The van der Waals surface area contributed by atoms with Crippen molar-refractivity contribution in [3.05, 3.63) is 16.5 Å². The quantitative estimate of drug-likeness (QED) is 0.791. The molecular weight excluding hydrogens is 192 g/mol. The van der Waals surface area contributed by atoms with Crippen molar-refractivity contribution in [1.29, 1.82) is 0 Å². The molecule has 0 aliphatic carbocycles. The molecular formula is C8H13ClN2S. The molecule has 1 aromatic rings. The molecule has 0 radical (unpaired) electrons. The van der Waals surface area contributed by atoms with Crippen LogP contribution in [0.25, 0.3) is 0 Å². The first kappa shape index (κ1) is 9.84. The van der Waals surface area contributed by atoms with Crippen molar-refractivity contribution in [1.82, 2.24) is 0 Å². The van der Waals surface area contributed by atoms with Crippen molar-refractivity contribution >= 4 is 27.9 Å². The largest absolute Gasteiger partial charge is 0.377 e. The smallest absolute Gasteiger partial charge is 0.0950 e. The van der Waals surface area contributed by atoms with Crippen LogP contribution in [0, 0.1) is 5.92 Å². The second-order valence-corrected chi connectivity index (χ2v) is 4.54. The number of anilines is 1. The summed E-state index contributed by atoms with van der Waals surface area (Å²) in [4.78, 5) is 0. The summed E-state index contributed by atoms with van der Waals surface area (Å²) in [6.45, 7) is 3.74. The molecule has 0 aliphatic rings. The third kappa shape index (κ3) is 3.01. The Labute approximate surface area is 81.7 Å². The van der Waals surface area contributed by atoms with Gasteiger partial charge in [0.05, 0.1) is 9.34 Å². The van der Waals surface area contributed by atoms with Gasteiger partial charge in [0, 0.05) is 6.54 Å². The lowest BCUT2D eigenvalue weighted by Crippen LogP contribution is -2.19. The standard InChI is InChI=1S/C8H13ClN2S/c1-6(4-10)5-11-8-3-2-7(9)12-8/h2-3,6,11H,4-5,10H2,1H3. The van der Waals surface area contributed by atoms with Gasteiger partial charge in [0.2, 0.25) is 0 Å². The molecule has 68 valence electrons. The lowest BCUT2D eigenvalue weighted by Gasteiger charge is -2.08. The minimum absolute atomic E-state index is 0.505. The van der Waals surface area contributed by atoms with E-state index in [1.165, 1.54) is 0 Å². The minimum Gasteiger partial charge on any atom is -0.377 e. The van der Waals surface area contributed by atoms with Crippen molar-refractivity contribution < 1.29 is 0 Å². The van der Waals surface area contributed by atoms with E-state index < -0.39 is 0 Å². The highest BCUT2D eigenvalue weighted by molar-refractivity contribution is 7.19. The molecule has 0 saturated heterocycles. The molecule has 0 fully saturated rings. The molecule has 1 heterocycles. The van der Waals surface area contributed by atoms with Crippen LogP contribution in [0.4, 0.5) is 5.00 Å². The van der Waals surface area contributed by atoms with E-state index in [0.29, 0.717) is 12.5 Å². The van der Waals surface area contributed by atoms with E-state index in [1.807, 2.05) is 12.1 Å². The number of rotatable bonds is 4. The summed E-state index contributed by atoms with van der Waals surface area (Å²) in [6.07, 6.45) is 0. The monoisotopic (exact) mass is 204 g/mol. The highest BCUT2D eigenvalue weighted by atomic mass is 35.5. The molecule has 1 atom stereocenters. The SMILES string of the molecule is CC(CN)CNc1ccc(Cl)s1. The van der Waals surface area contributed by atoms with Gasteiger partial charge in [-0.05, 0) is 24.6 Å². The molecule has 0 amide bonds. The van der Waals surface area contributed by atoms with E-state index in [2.05, 4.69) is 12.2 Å². The maximum absolute atomic E-state index is 5.76. The van der Waals surface area contributed by atoms with Gasteiger partial charge >= 0.3 is 0 Å². The van der Waals surface area contributed by atoms with Gasteiger partial charge in [0.15, 0.2) is 0 Å². The highest BCUT2D eigenvalue weighted by Crippen LogP contribution is 2.25.